The monoisotopic (exact) mass is 191 g/mol. The number of hydrogen-bond acceptors (Lipinski definition) is 5. The Morgan fingerprint density at radius 3 is 2.64 bits per heavy atom. The van der Waals surface area contributed by atoms with Gasteiger partial charge in [-0.3, -0.25) is 4.98 Å². The predicted molar refractivity (Wildman–Crippen MR) is 44.5 cm³/mol. The van der Waals surface area contributed by atoms with Crippen molar-refractivity contribution in [3.63, 3.8) is 0 Å². The van der Waals surface area contributed by atoms with Crippen LogP contribution in [0.15, 0.2) is 29.2 Å². The SMILES string of the molecule is O=C(O)c1nonc1-c1ccncc1. The summed E-state index contributed by atoms with van der Waals surface area (Å²) in [6, 6.07) is 3.26. The summed E-state index contributed by atoms with van der Waals surface area (Å²) in [6.07, 6.45) is 3.07. The number of pyridine rings is 1. The van der Waals surface area contributed by atoms with Gasteiger partial charge in [0.15, 0.2) is 0 Å². The standard InChI is InChI=1S/C8H5N3O3/c12-8(13)7-6(10-14-11-7)5-1-3-9-4-2-5/h1-4H,(H,12,13). The maximum atomic E-state index is 10.7. The zero-order valence-corrected chi connectivity index (χ0v) is 6.91. The van der Waals surface area contributed by atoms with E-state index in [-0.39, 0.29) is 11.4 Å². The quantitative estimate of drug-likeness (QED) is 0.756. The van der Waals surface area contributed by atoms with Gasteiger partial charge < -0.3 is 5.11 Å². The van der Waals surface area contributed by atoms with Gasteiger partial charge in [0.2, 0.25) is 5.69 Å². The Labute approximate surface area is 78.2 Å². The highest BCUT2D eigenvalue weighted by Crippen LogP contribution is 2.18. The third kappa shape index (κ3) is 1.33. The molecule has 0 aliphatic heterocycles. The fourth-order valence-corrected chi connectivity index (χ4v) is 1.03. The van der Waals surface area contributed by atoms with Crippen molar-refractivity contribution in [3.8, 4) is 11.3 Å². The lowest BCUT2D eigenvalue weighted by Gasteiger charge is -1.93. The van der Waals surface area contributed by atoms with E-state index >= 15 is 0 Å². The number of rotatable bonds is 2. The number of carbonyl (C=O) groups is 1. The summed E-state index contributed by atoms with van der Waals surface area (Å²) >= 11 is 0. The number of carboxylic acid groups (broad SMARTS) is 1. The molecule has 0 unspecified atom stereocenters. The Morgan fingerprint density at radius 2 is 2.00 bits per heavy atom. The molecule has 0 bridgehead atoms. The van der Waals surface area contributed by atoms with Gasteiger partial charge in [-0.05, 0) is 22.4 Å². The largest absolute Gasteiger partial charge is 0.476 e. The van der Waals surface area contributed by atoms with Gasteiger partial charge in [-0.15, -0.1) is 0 Å². The Kier molecular flexibility index (Phi) is 1.94. The molecule has 0 atom stereocenters. The Hall–Kier alpha value is -2.24. The molecule has 0 aliphatic carbocycles. The molecular weight excluding hydrogens is 186 g/mol. The maximum absolute atomic E-state index is 10.7. The minimum Gasteiger partial charge on any atom is -0.476 e. The topological polar surface area (TPSA) is 89.1 Å². The van der Waals surface area contributed by atoms with Crippen molar-refractivity contribution in [2.75, 3.05) is 0 Å². The van der Waals surface area contributed by atoms with Crippen LogP contribution in [-0.4, -0.2) is 26.4 Å². The van der Waals surface area contributed by atoms with Crippen LogP contribution in [-0.2, 0) is 0 Å². The lowest BCUT2D eigenvalue weighted by atomic mass is 10.1. The Balaban J connectivity index is 2.52. The fraction of sp³-hybridized carbons (Fsp3) is 0. The molecule has 1 N–H and O–H groups in total. The third-order valence-corrected chi connectivity index (χ3v) is 1.64. The molecule has 70 valence electrons. The van der Waals surface area contributed by atoms with Gasteiger partial charge in [-0.2, -0.15) is 0 Å². The number of nitrogens with zero attached hydrogens (tertiary/aromatic N) is 3. The third-order valence-electron chi connectivity index (χ3n) is 1.64. The second kappa shape index (κ2) is 3.25. The summed E-state index contributed by atoms with van der Waals surface area (Å²) in [5.41, 5.74) is 0.620. The number of aromatic carboxylic acids is 1. The van der Waals surface area contributed by atoms with E-state index in [2.05, 4.69) is 19.9 Å². The van der Waals surface area contributed by atoms with Gasteiger partial charge in [0, 0.05) is 18.0 Å². The van der Waals surface area contributed by atoms with Crippen molar-refractivity contribution in [2.24, 2.45) is 0 Å². The zero-order valence-electron chi connectivity index (χ0n) is 6.91. The molecule has 2 aromatic rings. The van der Waals surface area contributed by atoms with Crippen LogP contribution in [0.25, 0.3) is 11.3 Å². The molecule has 6 nitrogen and oxygen atoms in total. The van der Waals surface area contributed by atoms with Crippen molar-refractivity contribution in [1.82, 2.24) is 15.3 Å². The van der Waals surface area contributed by atoms with Crippen LogP contribution >= 0.6 is 0 Å². The van der Waals surface area contributed by atoms with Crippen LogP contribution in [0.5, 0.6) is 0 Å². The van der Waals surface area contributed by atoms with Crippen molar-refractivity contribution < 1.29 is 14.5 Å². The van der Waals surface area contributed by atoms with Gasteiger partial charge in [-0.25, -0.2) is 9.42 Å². The Morgan fingerprint density at radius 1 is 1.29 bits per heavy atom. The van der Waals surface area contributed by atoms with Crippen molar-refractivity contribution in [3.05, 3.63) is 30.2 Å². The van der Waals surface area contributed by atoms with Crippen LogP contribution in [0.3, 0.4) is 0 Å². The Bertz CT molecular complexity index is 452. The second-order valence-corrected chi connectivity index (χ2v) is 2.50. The van der Waals surface area contributed by atoms with Crippen molar-refractivity contribution in [1.29, 1.82) is 0 Å². The number of carboxylic acids is 1. The van der Waals surface area contributed by atoms with E-state index in [1.807, 2.05) is 0 Å². The van der Waals surface area contributed by atoms with Crippen LogP contribution in [0.1, 0.15) is 10.5 Å². The normalized spacial score (nSPS) is 10.0. The molecule has 0 aromatic carbocycles. The molecule has 0 amide bonds. The molecule has 2 rings (SSSR count). The maximum Gasteiger partial charge on any atom is 0.360 e. The molecule has 0 saturated heterocycles. The van der Waals surface area contributed by atoms with Gasteiger partial charge in [0.05, 0.1) is 0 Å². The lowest BCUT2D eigenvalue weighted by Crippen LogP contribution is -1.98. The number of aromatic nitrogens is 3. The highest BCUT2D eigenvalue weighted by atomic mass is 16.6. The van der Waals surface area contributed by atoms with E-state index < -0.39 is 5.97 Å². The molecule has 0 aliphatic rings. The number of hydrogen-bond donors (Lipinski definition) is 1. The smallest absolute Gasteiger partial charge is 0.360 e. The minimum atomic E-state index is -1.17. The summed E-state index contributed by atoms with van der Waals surface area (Å²) < 4.78 is 4.36. The highest BCUT2D eigenvalue weighted by Gasteiger charge is 2.18. The first-order chi connectivity index (χ1) is 6.79. The molecule has 0 spiro atoms. The van der Waals surface area contributed by atoms with E-state index in [1.165, 1.54) is 12.4 Å². The average molecular weight is 191 g/mol. The van der Waals surface area contributed by atoms with Crippen molar-refractivity contribution >= 4 is 5.97 Å². The van der Waals surface area contributed by atoms with Gasteiger partial charge in [0.1, 0.15) is 5.69 Å². The molecule has 0 fully saturated rings. The summed E-state index contributed by atoms with van der Waals surface area (Å²) in [7, 11) is 0. The predicted octanol–water partition coefficient (Wildman–Crippen LogP) is 0.830. The molecule has 6 heteroatoms. The summed E-state index contributed by atoms with van der Waals surface area (Å²) in [6.45, 7) is 0. The highest BCUT2D eigenvalue weighted by molar-refractivity contribution is 5.92. The van der Waals surface area contributed by atoms with Crippen LogP contribution in [0.4, 0.5) is 0 Å². The van der Waals surface area contributed by atoms with Crippen LogP contribution in [0.2, 0.25) is 0 Å². The van der Waals surface area contributed by atoms with E-state index in [0.29, 0.717) is 5.56 Å². The van der Waals surface area contributed by atoms with Crippen LogP contribution < -0.4 is 0 Å². The molecular formula is C8H5N3O3. The van der Waals surface area contributed by atoms with Crippen molar-refractivity contribution in [2.45, 2.75) is 0 Å². The van der Waals surface area contributed by atoms with E-state index in [4.69, 9.17) is 5.11 Å². The van der Waals surface area contributed by atoms with Gasteiger partial charge >= 0.3 is 5.97 Å². The molecule has 0 saturated carbocycles. The van der Waals surface area contributed by atoms with Crippen LogP contribution in [0, 0.1) is 0 Å². The van der Waals surface area contributed by atoms with Gasteiger partial charge in [-0.1, -0.05) is 0 Å². The molecule has 2 heterocycles. The minimum absolute atomic E-state index is 0.198. The van der Waals surface area contributed by atoms with E-state index in [1.54, 1.807) is 12.1 Å². The first-order valence-electron chi connectivity index (χ1n) is 3.75. The first kappa shape index (κ1) is 8.36. The summed E-state index contributed by atoms with van der Waals surface area (Å²) in [4.78, 5) is 14.5. The molecule has 2 aromatic heterocycles. The van der Waals surface area contributed by atoms with Gasteiger partial charge in [0.25, 0.3) is 0 Å². The molecule has 14 heavy (non-hydrogen) atoms. The average Bonchev–Trinajstić information content (AvgIpc) is 2.67. The van der Waals surface area contributed by atoms with E-state index in [9.17, 15) is 4.79 Å². The zero-order chi connectivity index (χ0) is 9.97. The summed E-state index contributed by atoms with van der Waals surface area (Å²) in [5, 5.41) is 15.5. The second-order valence-electron chi connectivity index (χ2n) is 2.50. The fourth-order valence-electron chi connectivity index (χ4n) is 1.03. The lowest BCUT2D eigenvalue weighted by molar-refractivity contribution is 0.0685. The molecule has 0 radical (unpaired) electrons. The first-order valence-corrected chi connectivity index (χ1v) is 3.75. The van der Waals surface area contributed by atoms with E-state index in [0.717, 1.165) is 0 Å². The summed E-state index contributed by atoms with van der Waals surface area (Å²) in [5.74, 6) is -1.17.